The van der Waals surface area contributed by atoms with E-state index in [0.717, 1.165) is 23.4 Å². The Bertz CT molecular complexity index is 432. The van der Waals surface area contributed by atoms with Gasteiger partial charge in [0.2, 0.25) is 0 Å². The summed E-state index contributed by atoms with van der Waals surface area (Å²) in [5.74, 6) is 0.122. The number of quaternary nitrogens is 1. The number of hydrogen-bond acceptors (Lipinski definition) is 1. The Labute approximate surface area is 113 Å². The van der Waals surface area contributed by atoms with Crippen LogP contribution in [0.15, 0.2) is 24.3 Å². The molecule has 0 radical (unpaired) electrons. The second kappa shape index (κ2) is 5.72. The highest BCUT2D eigenvalue weighted by atomic mass is 35.5. The van der Waals surface area contributed by atoms with Crippen LogP contribution in [0.25, 0.3) is 0 Å². The summed E-state index contributed by atoms with van der Waals surface area (Å²) in [6.07, 6.45) is 2.25. The van der Waals surface area contributed by atoms with Gasteiger partial charge in [-0.3, -0.25) is 4.79 Å². The van der Waals surface area contributed by atoms with Crippen molar-refractivity contribution in [1.29, 1.82) is 0 Å². The summed E-state index contributed by atoms with van der Waals surface area (Å²) in [5, 5.41) is 5.84. The highest BCUT2D eigenvalue weighted by molar-refractivity contribution is 6.31. The van der Waals surface area contributed by atoms with Gasteiger partial charge in [0.1, 0.15) is 6.04 Å². The molecule has 0 bridgehead atoms. The van der Waals surface area contributed by atoms with Crippen LogP contribution in [0.4, 0.5) is 0 Å². The van der Waals surface area contributed by atoms with E-state index in [-0.39, 0.29) is 18.0 Å². The average Bonchev–Trinajstić information content (AvgIpc) is 3.13. The van der Waals surface area contributed by atoms with Crippen LogP contribution in [0.1, 0.15) is 38.3 Å². The largest absolute Gasteiger partial charge is 0.348 e. The van der Waals surface area contributed by atoms with Gasteiger partial charge in [-0.15, -0.1) is 0 Å². The number of nitrogens with two attached hydrogens (primary N) is 1. The fourth-order valence-corrected chi connectivity index (χ4v) is 2.34. The molecule has 1 aliphatic carbocycles. The van der Waals surface area contributed by atoms with E-state index in [1.807, 2.05) is 31.2 Å². The normalized spacial score (nSPS) is 18.2. The van der Waals surface area contributed by atoms with E-state index in [1.54, 1.807) is 0 Å². The molecule has 2 rings (SSSR count). The van der Waals surface area contributed by atoms with Gasteiger partial charge in [0, 0.05) is 16.6 Å². The predicted octanol–water partition coefficient (Wildman–Crippen LogP) is 1.63. The zero-order valence-corrected chi connectivity index (χ0v) is 11.6. The molecule has 0 spiro atoms. The monoisotopic (exact) mass is 267 g/mol. The summed E-state index contributed by atoms with van der Waals surface area (Å²) in [6, 6.07) is 8.30. The molecular weight excluding hydrogens is 248 g/mol. The van der Waals surface area contributed by atoms with Gasteiger partial charge in [0.05, 0.1) is 0 Å². The summed E-state index contributed by atoms with van der Waals surface area (Å²) in [6.45, 7) is 4.01. The Morgan fingerprint density at radius 2 is 2.06 bits per heavy atom. The predicted molar refractivity (Wildman–Crippen MR) is 72.4 cm³/mol. The molecule has 4 heteroatoms. The summed E-state index contributed by atoms with van der Waals surface area (Å²) in [5.41, 5.74) is 1.07. The molecule has 98 valence electrons. The number of rotatable bonds is 5. The zero-order chi connectivity index (χ0) is 13.1. The van der Waals surface area contributed by atoms with Gasteiger partial charge in [-0.25, -0.2) is 0 Å². The van der Waals surface area contributed by atoms with Gasteiger partial charge >= 0.3 is 0 Å². The van der Waals surface area contributed by atoms with Crippen LogP contribution in [0.3, 0.4) is 0 Å². The summed E-state index contributed by atoms with van der Waals surface area (Å²) in [7, 11) is 0. The van der Waals surface area contributed by atoms with Crippen LogP contribution in [0.2, 0.25) is 5.02 Å². The van der Waals surface area contributed by atoms with E-state index in [1.165, 1.54) is 0 Å². The van der Waals surface area contributed by atoms with Crippen molar-refractivity contribution in [3.8, 4) is 0 Å². The first-order chi connectivity index (χ1) is 8.58. The third kappa shape index (κ3) is 3.47. The van der Waals surface area contributed by atoms with Crippen LogP contribution < -0.4 is 10.6 Å². The van der Waals surface area contributed by atoms with Gasteiger partial charge in [-0.1, -0.05) is 29.8 Å². The van der Waals surface area contributed by atoms with Gasteiger partial charge < -0.3 is 10.6 Å². The molecule has 1 amide bonds. The number of carbonyl (C=O) groups is 1. The van der Waals surface area contributed by atoms with Crippen molar-refractivity contribution in [3.63, 3.8) is 0 Å². The number of amides is 1. The molecule has 1 saturated carbocycles. The van der Waals surface area contributed by atoms with Crippen molar-refractivity contribution in [2.24, 2.45) is 0 Å². The Hall–Kier alpha value is -1.06. The van der Waals surface area contributed by atoms with E-state index < -0.39 is 0 Å². The minimum atomic E-state index is -0.0862. The van der Waals surface area contributed by atoms with Crippen molar-refractivity contribution in [2.45, 2.75) is 44.8 Å². The van der Waals surface area contributed by atoms with E-state index in [0.29, 0.717) is 6.04 Å². The van der Waals surface area contributed by atoms with E-state index in [4.69, 9.17) is 11.6 Å². The third-order valence-electron chi connectivity index (χ3n) is 3.31. The first kappa shape index (κ1) is 13.4. The lowest BCUT2D eigenvalue weighted by molar-refractivity contribution is -0.710. The molecule has 3 nitrogen and oxygen atoms in total. The quantitative estimate of drug-likeness (QED) is 0.837. The maximum Gasteiger partial charge on any atom is 0.278 e. The van der Waals surface area contributed by atoms with Crippen LogP contribution in [0.5, 0.6) is 0 Å². The molecule has 2 atom stereocenters. The summed E-state index contributed by atoms with van der Waals surface area (Å²) < 4.78 is 0. The molecule has 0 saturated heterocycles. The lowest BCUT2D eigenvalue weighted by Crippen LogP contribution is -2.92. The van der Waals surface area contributed by atoms with Crippen LogP contribution in [0, 0.1) is 0 Å². The molecule has 1 aliphatic rings. The van der Waals surface area contributed by atoms with Crippen molar-refractivity contribution in [2.75, 3.05) is 0 Å². The van der Waals surface area contributed by atoms with Crippen molar-refractivity contribution in [1.82, 2.24) is 5.32 Å². The highest BCUT2D eigenvalue weighted by Crippen LogP contribution is 2.20. The van der Waals surface area contributed by atoms with E-state index in [9.17, 15) is 4.79 Å². The van der Waals surface area contributed by atoms with Gasteiger partial charge in [-0.05, 0) is 32.8 Å². The van der Waals surface area contributed by atoms with Crippen LogP contribution in [-0.2, 0) is 4.79 Å². The minimum Gasteiger partial charge on any atom is -0.348 e. The van der Waals surface area contributed by atoms with Crippen molar-refractivity contribution < 1.29 is 10.1 Å². The number of halogens is 1. The maximum atomic E-state index is 11.9. The summed E-state index contributed by atoms with van der Waals surface area (Å²) in [4.78, 5) is 11.9. The molecule has 1 aromatic rings. The standard InChI is InChI=1S/C14H19ClN2O/c1-9(12-5-3-4-6-13(12)15)16-10(2)14(18)17-11-7-8-11/h3-6,9-11,16H,7-8H2,1-2H3,(H,17,18)/p+1/t9-,10-/m0/s1. The molecule has 0 aliphatic heterocycles. The van der Waals surface area contributed by atoms with Crippen LogP contribution >= 0.6 is 11.6 Å². The Kier molecular flexibility index (Phi) is 4.25. The minimum absolute atomic E-state index is 0.0862. The molecule has 0 unspecified atom stereocenters. The number of nitrogens with one attached hydrogen (secondary N) is 1. The zero-order valence-electron chi connectivity index (χ0n) is 10.8. The average molecular weight is 268 g/mol. The number of benzene rings is 1. The fraction of sp³-hybridized carbons (Fsp3) is 0.500. The second-order valence-electron chi connectivity index (χ2n) is 5.07. The Morgan fingerprint density at radius 1 is 1.39 bits per heavy atom. The van der Waals surface area contributed by atoms with Gasteiger partial charge in [-0.2, -0.15) is 0 Å². The highest BCUT2D eigenvalue weighted by Gasteiger charge is 2.28. The van der Waals surface area contributed by atoms with Crippen LogP contribution in [-0.4, -0.2) is 18.0 Å². The Morgan fingerprint density at radius 3 is 2.67 bits per heavy atom. The number of hydrogen-bond donors (Lipinski definition) is 2. The maximum absolute atomic E-state index is 11.9. The van der Waals surface area contributed by atoms with Crippen molar-refractivity contribution >= 4 is 17.5 Å². The van der Waals surface area contributed by atoms with Gasteiger partial charge in [0.15, 0.2) is 6.04 Å². The topological polar surface area (TPSA) is 45.7 Å². The smallest absolute Gasteiger partial charge is 0.278 e. The fourth-order valence-electron chi connectivity index (χ4n) is 2.03. The SMILES string of the molecule is C[C@H]([NH2+][C@@H](C)c1ccccc1Cl)C(=O)NC1CC1. The third-order valence-corrected chi connectivity index (χ3v) is 3.65. The second-order valence-corrected chi connectivity index (χ2v) is 5.48. The molecule has 3 N–H and O–H groups in total. The molecule has 1 aromatic carbocycles. The first-order valence-electron chi connectivity index (χ1n) is 6.47. The molecule has 1 fully saturated rings. The summed E-state index contributed by atoms with van der Waals surface area (Å²) >= 11 is 6.16. The molecule has 0 aromatic heterocycles. The van der Waals surface area contributed by atoms with E-state index in [2.05, 4.69) is 17.6 Å². The lowest BCUT2D eigenvalue weighted by Gasteiger charge is -2.17. The molecule has 18 heavy (non-hydrogen) atoms. The molecule has 0 heterocycles. The van der Waals surface area contributed by atoms with Crippen molar-refractivity contribution in [3.05, 3.63) is 34.9 Å². The molecular formula is C14H20ClN2O+. The van der Waals surface area contributed by atoms with E-state index >= 15 is 0 Å². The van der Waals surface area contributed by atoms with Gasteiger partial charge in [0.25, 0.3) is 5.91 Å². The number of carbonyl (C=O) groups excluding carboxylic acids is 1. The Balaban J connectivity index is 1.91. The lowest BCUT2D eigenvalue weighted by atomic mass is 10.1. The first-order valence-corrected chi connectivity index (χ1v) is 6.85.